The first kappa shape index (κ1) is 16.0. The van der Waals surface area contributed by atoms with Gasteiger partial charge in [-0.25, -0.2) is 0 Å². The predicted octanol–water partition coefficient (Wildman–Crippen LogP) is 1.86. The zero-order valence-electron chi connectivity index (χ0n) is 13.1. The number of amides is 1. The lowest BCUT2D eigenvalue weighted by Crippen LogP contribution is -2.43. The summed E-state index contributed by atoms with van der Waals surface area (Å²) in [6.45, 7) is 1.35. The van der Waals surface area contributed by atoms with E-state index in [1.807, 2.05) is 23.1 Å². The van der Waals surface area contributed by atoms with Crippen LogP contribution in [0.1, 0.15) is 37.2 Å². The molecule has 2 aliphatic rings. The number of carboxylic acid groups (broad SMARTS) is 1. The van der Waals surface area contributed by atoms with Gasteiger partial charge in [0.2, 0.25) is 5.91 Å². The Morgan fingerprint density at radius 2 is 1.78 bits per heavy atom. The lowest BCUT2D eigenvalue weighted by atomic mass is 9.77. The molecule has 2 fully saturated rings. The van der Waals surface area contributed by atoms with Crippen LogP contribution in [0.5, 0.6) is 0 Å². The highest BCUT2D eigenvalue weighted by Gasteiger charge is 2.42. The normalized spacial score (nSPS) is 31.1. The van der Waals surface area contributed by atoms with Crippen molar-refractivity contribution in [2.24, 2.45) is 11.8 Å². The minimum atomic E-state index is -0.971. The van der Waals surface area contributed by atoms with Crippen molar-refractivity contribution in [2.75, 3.05) is 13.1 Å². The molecular weight excluding hydrogens is 294 g/mol. The summed E-state index contributed by atoms with van der Waals surface area (Å²) in [7, 11) is 0. The van der Waals surface area contributed by atoms with Gasteiger partial charge in [-0.3, -0.25) is 9.59 Å². The molecule has 3 rings (SSSR count). The monoisotopic (exact) mass is 317 g/mol. The predicted molar refractivity (Wildman–Crippen MR) is 84.9 cm³/mol. The van der Waals surface area contributed by atoms with E-state index in [9.17, 15) is 19.8 Å². The molecule has 1 heterocycles. The molecule has 1 aliphatic heterocycles. The average molecular weight is 317 g/mol. The Bertz CT molecular complexity index is 574. The number of carboxylic acids is 1. The molecule has 124 valence electrons. The largest absolute Gasteiger partial charge is 0.481 e. The van der Waals surface area contributed by atoms with Crippen LogP contribution in [0, 0.1) is 11.8 Å². The van der Waals surface area contributed by atoms with Crippen LogP contribution in [0.25, 0.3) is 0 Å². The summed E-state index contributed by atoms with van der Waals surface area (Å²) >= 11 is 0. The molecule has 0 aromatic heterocycles. The van der Waals surface area contributed by atoms with Gasteiger partial charge in [-0.15, -0.1) is 0 Å². The molecule has 1 amide bonds. The summed E-state index contributed by atoms with van der Waals surface area (Å²) in [5.74, 6) is -1.95. The molecule has 1 aliphatic carbocycles. The number of hydrogen-bond donors (Lipinski definition) is 2. The Labute approximate surface area is 135 Å². The molecule has 0 bridgehead atoms. The minimum Gasteiger partial charge on any atom is -0.481 e. The molecule has 1 saturated carbocycles. The van der Waals surface area contributed by atoms with Crippen molar-refractivity contribution in [3.05, 3.63) is 35.9 Å². The van der Waals surface area contributed by atoms with Crippen molar-refractivity contribution in [1.29, 1.82) is 0 Å². The van der Waals surface area contributed by atoms with Crippen LogP contribution in [0.4, 0.5) is 0 Å². The van der Waals surface area contributed by atoms with E-state index in [4.69, 9.17) is 0 Å². The molecule has 5 nitrogen and oxygen atoms in total. The number of likely N-dealkylation sites (tertiary alicyclic amines) is 1. The van der Waals surface area contributed by atoms with E-state index < -0.39 is 23.9 Å². The van der Waals surface area contributed by atoms with Crippen molar-refractivity contribution >= 4 is 11.9 Å². The van der Waals surface area contributed by atoms with Crippen molar-refractivity contribution in [3.8, 4) is 0 Å². The number of aliphatic hydroxyl groups excluding tert-OH is 1. The van der Waals surface area contributed by atoms with E-state index in [1.165, 1.54) is 5.56 Å². The molecule has 4 atom stereocenters. The lowest BCUT2D eigenvalue weighted by molar-refractivity contribution is -0.154. The maximum absolute atomic E-state index is 12.8. The zero-order chi connectivity index (χ0) is 16.4. The standard InChI is InChI=1S/C18H23NO4/c20-14-6-7-15(16(10-14)18(22)23)17(21)19-9-8-13(11-19)12-4-2-1-3-5-12/h1-5,13-16,20H,6-11H2,(H,22,23)/t13-,14+,15-,16?/m0/s1. The van der Waals surface area contributed by atoms with Crippen molar-refractivity contribution in [3.63, 3.8) is 0 Å². The van der Waals surface area contributed by atoms with Gasteiger partial charge >= 0.3 is 5.97 Å². The van der Waals surface area contributed by atoms with Crippen molar-refractivity contribution < 1.29 is 19.8 Å². The second kappa shape index (κ2) is 6.71. The van der Waals surface area contributed by atoms with Crippen molar-refractivity contribution in [2.45, 2.75) is 37.7 Å². The summed E-state index contributed by atoms with van der Waals surface area (Å²) < 4.78 is 0. The van der Waals surface area contributed by atoms with E-state index in [-0.39, 0.29) is 12.3 Å². The van der Waals surface area contributed by atoms with Crippen LogP contribution in [-0.4, -0.2) is 46.2 Å². The molecule has 1 unspecified atom stereocenters. The Kier molecular flexibility index (Phi) is 4.66. The smallest absolute Gasteiger partial charge is 0.307 e. The molecule has 0 spiro atoms. The molecule has 1 saturated heterocycles. The molecule has 23 heavy (non-hydrogen) atoms. The maximum atomic E-state index is 12.8. The van der Waals surface area contributed by atoms with Crippen LogP contribution in [0.2, 0.25) is 0 Å². The van der Waals surface area contributed by atoms with Gasteiger partial charge in [0.25, 0.3) is 0 Å². The Balaban J connectivity index is 1.67. The molecule has 2 N–H and O–H groups in total. The highest BCUT2D eigenvalue weighted by atomic mass is 16.4. The molecule has 1 aromatic rings. The summed E-state index contributed by atoms with van der Waals surface area (Å²) in [5, 5.41) is 19.1. The van der Waals surface area contributed by atoms with Gasteiger partial charge in [-0.1, -0.05) is 30.3 Å². The molecule has 1 aromatic carbocycles. The van der Waals surface area contributed by atoms with Gasteiger partial charge in [0.05, 0.1) is 17.9 Å². The van der Waals surface area contributed by atoms with Crippen LogP contribution in [-0.2, 0) is 9.59 Å². The first-order chi connectivity index (χ1) is 11.1. The van der Waals surface area contributed by atoms with E-state index in [0.717, 1.165) is 6.42 Å². The van der Waals surface area contributed by atoms with Gasteiger partial charge in [0.1, 0.15) is 0 Å². The number of aliphatic carboxylic acids is 1. The van der Waals surface area contributed by atoms with Crippen LogP contribution >= 0.6 is 0 Å². The fourth-order valence-corrected chi connectivity index (χ4v) is 3.91. The van der Waals surface area contributed by atoms with Gasteiger partial charge in [-0.05, 0) is 31.2 Å². The fourth-order valence-electron chi connectivity index (χ4n) is 3.91. The Morgan fingerprint density at radius 3 is 2.48 bits per heavy atom. The van der Waals surface area contributed by atoms with E-state index in [0.29, 0.717) is 31.8 Å². The van der Waals surface area contributed by atoms with Crippen LogP contribution in [0.3, 0.4) is 0 Å². The van der Waals surface area contributed by atoms with E-state index >= 15 is 0 Å². The van der Waals surface area contributed by atoms with Gasteiger partial charge in [-0.2, -0.15) is 0 Å². The summed E-state index contributed by atoms with van der Waals surface area (Å²) in [6, 6.07) is 10.1. The van der Waals surface area contributed by atoms with Gasteiger partial charge in [0, 0.05) is 19.0 Å². The van der Waals surface area contributed by atoms with Crippen LogP contribution < -0.4 is 0 Å². The second-order valence-corrected chi connectivity index (χ2v) is 6.70. The minimum absolute atomic E-state index is 0.0530. The summed E-state index contributed by atoms with van der Waals surface area (Å²) in [6.07, 6.45) is 1.47. The van der Waals surface area contributed by atoms with Gasteiger partial charge < -0.3 is 15.1 Å². The Morgan fingerprint density at radius 1 is 1.04 bits per heavy atom. The van der Waals surface area contributed by atoms with Crippen molar-refractivity contribution in [1.82, 2.24) is 4.90 Å². The third-order valence-corrected chi connectivity index (χ3v) is 5.23. The number of aliphatic hydroxyl groups is 1. The van der Waals surface area contributed by atoms with E-state index in [2.05, 4.69) is 12.1 Å². The summed E-state index contributed by atoms with van der Waals surface area (Å²) in [4.78, 5) is 26.0. The second-order valence-electron chi connectivity index (χ2n) is 6.70. The molecule has 5 heteroatoms. The van der Waals surface area contributed by atoms with Gasteiger partial charge in [0.15, 0.2) is 0 Å². The quantitative estimate of drug-likeness (QED) is 0.892. The number of carbonyl (C=O) groups excluding carboxylic acids is 1. The first-order valence-electron chi connectivity index (χ1n) is 8.31. The average Bonchev–Trinajstić information content (AvgIpc) is 3.05. The zero-order valence-corrected chi connectivity index (χ0v) is 13.1. The highest BCUT2D eigenvalue weighted by Crippen LogP contribution is 2.35. The molecule has 0 radical (unpaired) electrons. The number of rotatable bonds is 3. The third-order valence-electron chi connectivity index (χ3n) is 5.23. The summed E-state index contributed by atoms with van der Waals surface area (Å²) in [5.41, 5.74) is 1.23. The fraction of sp³-hybridized carbons (Fsp3) is 0.556. The Hall–Kier alpha value is -1.88. The van der Waals surface area contributed by atoms with Crippen LogP contribution in [0.15, 0.2) is 30.3 Å². The number of benzene rings is 1. The van der Waals surface area contributed by atoms with E-state index in [1.54, 1.807) is 0 Å². The SMILES string of the molecule is O=C(O)C1C[C@H](O)CC[C@@H]1C(=O)N1CC[C@H](c2ccccc2)C1. The third kappa shape index (κ3) is 3.39. The maximum Gasteiger partial charge on any atom is 0.307 e. The lowest BCUT2D eigenvalue weighted by Gasteiger charge is -2.33. The topological polar surface area (TPSA) is 77.8 Å². The number of hydrogen-bond acceptors (Lipinski definition) is 3. The highest BCUT2D eigenvalue weighted by molar-refractivity contribution is 5.85. The number of carbonyl (C=O) groups is 2. The first-order valence-corrected chi connectivity index (χ1v) is 8.31. The number of nitrogens with zero attached hydrogens (tertiary/aromatic N) is 1. The molecular formula is C18H23NO4.